The molecule has 1 N–H and O–H groups in total. The number of methoxy groups -OCH3 is 1. The van der Waals surface area contributed by atoms with Crippen LogP contribution in [-0.2, 0) is 9.53 Å². The summed E-state index contributed by atoms with van der Waals surface area (Å²) in [5.41, 5.74) is -0.593. The van der Waals surface area contributed by atoms with Crippen molar-refractivity contribution in [2.24, 2.45) is 0 Å². The summed E-state index contributed by atoms with van der Waals surface area (Å²) in [5, 5.41) is 3.26. The van der Waals surface area contributed by atoms with E-state index in [0.29, 0.717) is 6.04 Å². The second-order valence-corrected chi connectivity index (χ2v) is 5.04. The molecule has 0 aliphatic heterocycles. The van der Waals surface area contributed by atoms with Crippen LogP contribution in [0.4, 0.5) is 0 Å². The fraction of sp³-hybridized carbons (Fsp3) is 0.929. The van der Waals surface area contributed by atoms with E-state index in [9.17, 15) is 4.79 Å². The summed E-state index contributed by atoms with van der Waals surface area (Å²) >= 11 is 0. The van der Waals surface area contributed by atoms with Crippen LogP contribution < -0.4 is 5.32 Å². The topological polar surface area (TPSA) is 41.6 Å². The van der Waals surface area contributed by atoms with Gasteiger partial charge < -0.3 is 15.0 Å². The zero-order valence-electron chi connectivity index (χ0n) is 12.9. The van der Waals surface area contributed by atoms with Crippen LogP contribution in [0.1, 0.15) is 47.5 Å². The van der Waals surface area contributed by atoms with Crippen LogP contribution in [0.5, 0.6) is 0 Å². The largest absolute Gasteiger partial charge is 0.468 e. The van der Waals surface area contributed by atoms with Gasteiger partial charge in [-0.25, -0.2) is 0 Å². The van der Waals surface area contributed by atoms with Crippen molar-refractivity contribution in [1.29, 1.82) is 0 Å². The van der Waals surface area contributed by atoms with Crippen molar-refractivity contribution in [2.45, 2.75) is 59.0 Å². The average Bonchev–Trinajstić information content (AvgIpc) is 2.34. The van der Waals surface area contributed by atoms with Crippen LogP contribution in [0, 0.1) is 0 Å². The normalized spacial score (nSPS) is 16.4. The smallest absolute Gasteiger partial charge is 0.325 e. The van der Waals surface area contributed by atoms with Gasteiger partial charge in [0.2, 0.25) is 0 Å². The van der Waals surface area contributed by atoms with Gasteiger partial charge >= 0.3 is 5.97 Å². The molecular weight excluding hydrogens is 228 g/mol. The summed E-state index contributed by atoms with van der Waals surface area (Å²) in [5.74, 6) is -0.177. The fourth-order valence-corrected chi connectivity index (χ4v) is 2.54. The minimum atomic E-state index is -0.593. The van der Waals surface area contributed by atoms with E-state index in [1.54, 1.807) is 0 Å². The molecule has 0 fully saturated rings. The van der Waals surface area contributed by atoms with Crippen molar-refractivity contribution in [1.82, 2.24) is 10.2 Å². The van der Waals surface area contributed by atoms with Gasteiger partial charge in [-0.05, 0) is 46.3 Å². The maximum Gasteiger partial charge on any atom is 0.325 e. The molecule has 0 aliphatic rings. The first kappa shape index (κ1) is 17.4. The third kappa shape index (κ3) is 4.94. The molecule has 0 aromatic rings. The predicted octanol–water partition coefficient (Wildman–Crippen LogP) is 2.04. The number of nitrogens with zero attached hydrogens (tertiary/aromatic N) is 1. The maximum atomic E-state index is 11.9. The lowest BCUT2D eigenvalue weighted by molar-refractivity contribution is -0.148. The van der Waals surface area contributed by atoms with E-state index in [1.807, 2.05) is 13.8 Å². The molecule has 0 rings (SSSR count). The van der Waals surface area contributed by atoms with Gasteiger partial charge in [0.1, 0.15) is 5.54 Å². The molecule has 0 saturated heterocycles. The maximum absolute atomic E-state index is 11.9. The Labute approximate surface area is 112 Å². The van der Waals surface area contributed by atoms with E-state index in [2.05, 4.69) is 31.0 Å². The van der Waals surface area contributed by atoms with Gasteiger partial charge in [0, 0.05) is 6.04 Å². The van der Waals surface area contributed by atoms with Crippen LogP contribution in [0.25, 0.3) is 0 Å². The molecule has 18 heavy (non-hydrogen) atoms. The first-order valence-corrected chi connectivity index (χ1v) is 7.02. The summed E-state index contributed by atoms with van der Waals surface area (Å²) in [6.07, 6.45) is 1.90. The Bertz CT molecular complexity index is 246. The second kappa shape index (κ2) is 8.48. The fourth-order valence-electron chi connectivity index (χ4n) is 2.54. The van der Waals surface area contributed by atoms with Crippen LogP contribution in [0.15, 0.2) is 0 Å². The van der Waals surface area contributed by atoms with Crippen molar-refractivity contribution in [3.63, 3.8) is 0 Å². The molecule has 0 heterocycles. The standard InChI is InChI=1S/C14H30N2O2/c1-7-10-16(9-3)12(4)11-14(5,15-8-2)13(17)18-6/h12,15H,7-11H2,1-6H3. The van der Waals surface area contributed by atoms with Crippen molar-refractivity contribution in [3.8, 4) is 0 Å². The molecule has 2 unspecified atom stereocenters. The molecule has 4 nitrogen and oxygen atoms in total. The van der Waals surface area contributed by atoms with E-state index < -0.39 is 5.54 Å². The van der Waals surface area contributed by atoms with Crippen molar-refractivity contribution in [2.75, 3.05) is 26.7 Å². The number of likely N-dealkylation sites (N-methyl/N-ethyl adjacent to an activating group) is 1. The predicted molar refractivity (Wildman–Crippen MR) is 75.7 cm³/mol. The van der Waals surface area contributed by atoms with E-state index in [-0.39, 0.29) is 5.97 Å². The highest BCUT2D eigenvalue weighted by molar-refractivity contribution is 5.80. The molecule has 0 saturated carbocycles. The summed E-state index contributed by atoms with van der Waals surface area (Å²) in [7, 11) is 1.45. The van der Waals surface area contributed by atoms with Gasteiger partial charge in [-0.3, -0.25) is 4.79 Å². The van der Waals surface area contributed by atoms with E-state index in [1.165, 1.54) is 7.11 Å². The van der Waals surface area contributed by atoms with Gasteiger partial charge in [-0.15, -0.1) is 0 Å². The minimum absolute atomic E-state index is 0.177. The number of nitrogens with one attached hydrogen (secondary N) is 1. The van der Waals surface area contributed by atoms with Gasteiger partial charge in [-0.1, -0.05) is 20.8 Å². The molecule has 0 radical (unpaired) electrons. The molecule has 0 aliphatic carbocycles. The van der Waals surface area contributed by atoms with Crippen LogP contribution >= 0.6 is 0 Å². The lowest BCUT2D eigenvalue weighted by Crippen LogP contribution is -2.54. The monoisotopic (exact) mass is 258 g/mol. The Hall–Kier alpha value is -0.610. The SMILES string of the molecule is CCCN(CC)C(C)CC(C)(NCC)C(=O)OC. The number of rotatable bonds is 9. The van der Waals surface area contributed by atoms with E-state index in [4.69, 9.17) is 4.74 Å². The Morgan fingerprint density at radius 1 is 1.39 bits per heavy atom. The van der Waals surface area contributed by atoms with Crippen molar-refractivity contribution < 1.29 is 9.53 Å². The van der Waals surface area contributed by atoms with Crippen LogP contribution in [-0.4, -0.2) is 49.2 Å². The highest BCUT2D eigenvalue weighted by atomic mass is 16.5. The van der Waals surface area contributed by atoms with Crippen molar-refractivity contribution in [3.05, 3.63) is 0 Å². The molecule has 108 valence electrons. The highest BCUT2D eigenvalue weighted by Gasteiger charge is 2.35. The number of hydrogen-bond donors (Lipinski definition) is 1. The molecule has 0 aromatic carbocycles. The van der Waals surface area contributed by atoms with Gasteiger partial charge in [0.05, 0.1) is 7.11 Å². The van der Waals surface area contributed by atoms with Crippen LogP contribution in [0.2, 0.25) is 0 Å². The minimum Gasteiger partial charge on any atom is -0.468 e. The number of esters is 1. The van der Waals surface area contributed by atoms with Crippen LogP contribution in [0.3, 0.4) is 0 Å². The first-order valence-electron chi connectivity index (χ1n) is 7.02. The zero-order chi connectivity index (χ0) is 14.2. The lowest BCUT2D eigenvalue weighted by atomic mass is 9.92. The molecule has 0 bridgehead atoms. The molecule has 0 amide bonds. The second-order valence-electron chi connectivity index (χ2n) is 5.04. The Morgan fingerprint density at radius 2 is 2.00 bits per heavy atom. The summed E-state index contributed by atoms with van der Waals surface area (Å²) in [6.45, 7) is 13.3. The van der Waals surface area contributed by atoms with E-state index in [0.717, 1.165) is 32.5 Å². The summed E-state index contributed by atoms with van der Waals surface area (Å²) in [4.78, 5) is 14.3. The quantitative estimate of drug-likeness (QED) is 0.643. The third-order valence-corrected chi connectivity index (χ3v) is 3.45. The third-order valence-electron chi connectivity index (χ3n) is 3.45. The molecule has 2 atom stereocenters. The Balaban J connectivity index is 4.70. The Morgan fingerprint density at radius 3 is 2.39 bits per heavy atom. The van der Waals surface area contributed by atoms with Crippen molar-refractivity contribution >= 4 is 5.97 Å². The summed E-state index contributed by atoms with van der Waals surface area (Å²) in [6, 6.07) is 0.359. The highest BCUT2D eigenvalue weighted by Crippen LogP contribution is 2.18. The number of carbonyl (C=O) groups is 1. The number of ether oxygens (including phenoxy) is 1. The number of carbonyl (C=O) groups excluding carboxylic acids is 1. The number of hydrogen-bond acceptors (Lipinski definition) is 4. The first-order chi connectivity index (χ1) is 8.45. The van der Waals surface area contributed by atoms with Gasteiger partial charge in [0.25, 0.3) is 0 Å². The molecule has 4 heteroatoms. The van der Waals surface area contributed by atoms with E-state index >= 15 is 0 Å². The van der Waals surface area contributed by atoms with Gasteiger partial charge in [0.15, 0.2) is 0 Å². The molecule has 0 spiro atoms. The van der Waals surface area contributed by atoms with Gasteiger partial charge in [-0.2, -0.15) is 0 Å². The lowest BCUT2D eigenvalue weighted by Gasteiger charge is -2.35. The zero-order valence-corrected chi connectivity index (χ0v) is 12.9. The Kier molecular flexibility index (Phi) is 8.20. The summed E-state index contributed by atoms with van der Waals surface area (Å²) < 4.78 is 4.92. The average molecular weight is 258 g/mol. The molecule has 0 aromatic heterocycles. The molecular formula is C14H30N2O2.